The highest BCUT2D eigenvalue weighted by Gasteiger charge is 2.06. The first-order valence-corrected chi connectivity index (χ1v) is 8.01. The maximum Gasteiger partial charge on any atom is 0.221 e. The number of aromatic nitrogens is 1. The van der Waals surface area contributed by atoms with Crippen LogP contribution in [0.15, 0.2) is 30.5 Å². The predicted molar refractivity (Wildman–Crippen MR) is 91.0 cm³/mol. The number of benzene rings is 1. The number of halogens is 1. The summed E-state index contributed by atoms with van der Waals surface area (Å²) in [5.41, 5.74) is 1.99. The van der Waals surface area contributed by atoms with Gasteiger partial charge in [-0.05, 0) is 37.1 Å². The molecule has 1 unspecified atom stereocenters. The lowest BCUT2D eigenvalue weighted by molar-refractivity contribution is -0.121. The van der Waals surface area contributed by atoms with Crippen LogP contribution in [-0.2, 0) is 11.3 Å². The van der Waals surface area contributed by atoms with Crippen LogP contribution in [0.3, 0.4) is 0 Å². The van der Waals surface area contributed by atoms with Crippen molar-refractivity contribution >= 4 is 28.4 Å². The van der Waals surface area contributed by atoms with Gasteiger partial charge in [0.1, 0.15) is 0 Å². The second-order valence-electron chi connectivity index (χ2n) is 5.44. The lowest BCUT2D eigenvalue weighted by Crippen LogP contribution is -2.33. The molecule has 0 aliphatic carbocycles. The maximum atomic E-state index is 11.7. The fraction of sp³-hybridized carbons (Fsp3) is 0.412. The fourth-order valence-electron chi connectivity index (χ4n) is 2.24. The average Bonchev–Trinajstić information content (AvgIpc) is 2.51. The monoisotopic (exact) mass is 319 g/mol. The zero-order chi connectivity index (χ0) is 15.9. The number of fused-ring (bicyclic) bond motifs is 1. The molecule has 2 rings (SSSR count). The molecular formula is C17H22ClN3O. The molecule has 0 bridgehead atoms. The highest BCUT2D eigenvalue weighted by molar-refractivity contribution is 6.31. The van der Waals surface area contributed by atoms with E-state index in [2.05, 4.69) is 22.5 Å². The molecule has 5 heteroatoms. The van der Waals surface area contributed by atoms with Gasteiger partial charge in [0, 0.05) is 42.2 Å². The number of hydrogen-bond donors (Lipinski definition) is 2. The molecule has 0 spiro atoms. The van der Waals surface area contributed by atoms with Gasteiger partial charge in [0.2, 0.25) is 5.91 Å². The summed E-state index contributed by atoms with van der Waals surface area (Å²) in [6, 6.07) is 7.95. The number of pyridine rings is 1. The van der Waals surface area contributed by atoms with Crippen LogP contribution in [0, 0.1) is 0 Å². The number of amides is 1. The summed E-state index contributed by atoms with van der Waals surface area (Å²) in [4.78, 5) is 16.1. The third-order valence-electron chi connectivity index (χ3n) is 3.61. The summed E-state index contributed by atoms with van der Waals surface area (Å²) in [6.45, 7) is 5.34. The Labute approximate surface area is 136 Å². The number of nitrogens with one attached hydrogen (secondary N) is 2. The van der Waals surface area contributed by atoms with Gasteiger partial charge >= 0.3 is 0 Å². The second-order valence-corrected chi connectivity index (χ2v) is 5.88. The Balaban J connectivity index is 1.89. The number of nitrogens with zero attached hydrogens (tertiary/aromatic N) is 1. The van der Waals surface area contributed by atoms with Crippen molar-refractivity contribution in [3.05, 3.63) is 41.0 Å². The van der Waals surface area contributed by atoms with E-state index in [0.29, 0.717) is 24.5 Å². The summed E-state index contributed by atoms with van der Waals surface area (Å²) in [7, 11) is 0. The van der Waals surface area contributed by atoms with Gasteiger partial charge in [-0.2, -0.15) is 0 Å². The molecule has 22 heavy (non-hydrogen) atoms. The maximum absolute atomic E-state index is 11.7. The zero-order valence-corrected chi connectivity index (χ0v) is 13.8. The molecule has 118 valence electrons. The van der Waals surface area contributed by atoms with Crippen LogP contribution >= 0.6 is 11.6 Å². The van der Waals surface area contributed by atoms with E-state index < -0.39 is 0 Å². The van der Waals surface area contributed by atoms with Gasteiger partial charge in [-0.1, -0.05) is 24.6 Å². The molecular weight excluding hydrogens is 298 g/mol. The lowest BCUT2D eigenvalue weighted by atomic mass is 10.1. The normalized spacial score (nSPS) is 12.3. The van der Waals surface area contributed by atoms with E-state index in [1.54, 1.807) is 6.20 Å². The molecule has 4 nitrogen and oxygen atoms in total. The minimum atomic E-state index is 0.0796. The predicted octanol–water partition coefficient (Wildman–Crippen LogP) is 3.28. The van der Waals surface area contributed by atoms with Crippen molar-refractivity contribution in [3.8, 4) is 0 Å². The topological polar surface area (TPSA) is 54.0 Å². The van der Waals surface area contributed by atoms with Crippen molar-refractivity contribution in [1.82, 2.24) is 15.6 Å². The van der Waals surface area contributed by atoms with E-state index in [0.717, 1.165) is 22.9 Å². The molecule has 0 saturated carbocycles. The van der Waals surface area contributed by atoms with Gasteiger partial charge in [0.25, 0.3) is 0 Å². The first kappa shape index (κ1) is 16.7. The van der Waals surface area contributed by atoms with E-state index in [4.69, 9.17) is 11.6 Å². The Bertz CT molecular complexity index is 645. The summed E-state index contributed by atoms with van der Waals surface area (Å²) in [5, 5.41) is 7.97. The highest BCUT2D eigenvalue weighted by Crippen LogP contribution is 2.22. The van der Waals surface area contributed by atoms with Crippen molar-refractivity contribution < 1.29 is 4.79 Å². The highest BCUT2D eigenvalue weighted by atomic mass is 35.5. The number of carbonyl (C=O) groups excluding carboxylic acids is 1. The molecule has 1 aromatic carbocycles. The minimum Gasteiger partial charge on any atom is -0.354 e. The molecule has 1 heterocycles. The van der Waals surface area contributed by atoms with E-state index in [9.17, 15) is 4.79 Å². The van der Waals surface area contributed by atoms with E-state index in [1.165, 1.54) is 0 Å². The number of rotatable bonds is 7. The van der Waals surface area contributed by atoms with Crippen LogP contribution in [0.25, 0.3) is 10.9 Å². The van der Waals surface area contributed by atoms with Crippen LogP contribution in [0.1, 0.15) is 32.3 Å². The molecule has 2 aromatic rings. The van der Waals surface area contributed by atoms with Crippen LogP contribution in [0.2, 0.25) is 5.02 Å². The molecule has 0 aliphatic rings. The van der Waals surface area contributed by atoms with Gasteiger partial charge in [-0.25, -0.2) is 0 Å². The van der Waals surface area contributed by atoms with Gasteiger partial charge in [-0.15, -0.1) is 0 Å². The zero-order valence-electron chi connectivity index (χ0n) is 13.0. The molecule has 1 amide bonds. The largest absolute Gasteiger partial charge is 0.354 e. The Morgan fingerprint density at radius 1 is 1.41 bits per heavy atom. The van der Waals surface area contributed by atoms with Gasteiger partial charge in [0.15, 0.2) is 0 Å². The second kappa shape index (κ2) is 8.11. The Morgan fingerprint density at radius 3 is 3.00 bits per heavy atom. The van der Waals surface area contributed by atoms with E-state index in [1.807, 2.05) is 31.2 Å². The van der Waals surface area contributed by atoms with Gasteiger partial charge in [0.05, 0.1) is 5.52 Å². The molecule has 0 saturated heterocycles. The van der Waals surface area contributed by atoms with E-state index in [-0.39, 0.29) is 11.9 Å². The van der Waals surface area contributed by atoms with Crippen molar-refractivity contribution in [2.24, 2.45) is 0 Å². The van der Waals surface area contributed by atoms with Crippen LogP contribution < -0.4 is 10.6 Å². The quantitative estimate of drug-likeness (QED) is 0.770. The molecule has 0 radical (unpaired) electrons. The smallest absolute Gasteiger partial charge is 0.221 e. The van der Waals surface area contributed by atoms with E-state index >= 15 is 0 Å². The van der Waals surface area contributed by atoms with Gasteiger partial charge < -0.3 is 10.6 Å². The molecule has 1 aromatic heterocycles. The first-order chi connectivity index (χ1) is 10.6. The third kappa shape index (κ3) is 4.68. The van der Waals surface area contributed by atoms with Crippen molar-refractivity contribution in [1.29, 1.82) is 0 Å². The number of hydrogen-bond acceptors (Lipinski definition) is 3. The molecule has 1 atom stereocenters. The van der Waals surface area contributed by atoms with Gasteiger partial charge in [-0.3, -0.25) is 9.78 Å². The summed E-state index contributed by atoms with van der Waals surface area (Å²) in [6.07, 6.45) is 3.19. The average molecular weight is 320 g/mol. The molecule has 0 fully saturated rings. The summed E-state index contributed by atoms with van der Waals surface area (Å²) in [5.74, 6) is 0.0796. The Kier molecular flexibility index (Phi) is 6.16. The van der Waals surface area contributed by atoms with Crippen LogP contribution in [-0.4, -0.2) is 23.5 Å². The first-order valence-electron chi connectivity index (χ1n) is 7.63. The lowest BCUT2D eigenvalue weighted by Gasteiger charge is -2.12. The minimum absolute atomic E-state index is 0.0796. The Morgan fingerprint density at radius 2 is 2.23 bits per heavy atom. The summed E-state index contributed by atoms with van der Waals surface area (Å²) < 4.78 is 0. The van der Waals surface area contributed by atoms with Crippen molar-refractivity contribution in [2.45, 2.75) is 39.3 Å². The SMILES string of the molecule is CCC(C)NC(=O)CCNCc1cc(Cl)cc2cccnc12. The standard InChI is InChI=1S/C17H22ClN3O/c1-3-12(2)21-16(22)6-8-19-11-14-10-15(18)9-13-5-4-7-20-17(13)14/h4-5,7,9-10,12,19H,3,6,8,11H2,1-2H3,(H,21,22). The summed E-state index contributed by atoms with van der Waals surface area (Å²) >= 11 is 6.14. The van der Waals surface area contributed by atoms with Crippen molar-refractivity contribution in [2.75, 3.05) is 6.54 Å². The molecule has 2 N–H and O–H groups in total. The third-order valence-corrected chi connectivity index (χ3v) is 3.83. The number of carbonyl (C=O) groups is 1. The molecule has 0 aliphatic heterocycles. The van der Waals surface area contributed by atoms with Crippen LogP contribution in [0.5, 0.6) is 0 Å². The Hall–Kier alpha value is -1.65. The fourth-order valence-corrected chi connectivity index (χ4v) is 2.49. The van der Waals surface area contributed by atoms with Crippen molar-refractivity contribution in [3.63, 3.8) is 0 Å². The van der Waals surface area contributed by atoms with Crippen LogP contribution in [0.4, 0.5) is 0 Å².